The number of amides is 1. The highest BCUT2D eigenvalue weighted by atomic mass is 35.5. The SMILES string of the molecule is NC1CCC2CN(C(=O)Cc3cc(Cl)c4c(c3)OCCO4)CC12. The van der Waals surface area contributed by atoms with Crippen molar-refractivity contribution in [3.05, 3.63) is 22.7 Å². The van der Waals surface area contributed by atoms with Gasteiger partial charge in [0.1, 0.15) is 13.2 Å². The van der Waals surface area contributed by atoms with E-state index in [0.717, 1.165) is 31.5 Å². The van der Waals surface area contributed by atoms with Gasteiger partial charge in [-0.15, -0.1) is 0 Å². The Morgan fingerprint density at radius 2 is 2.09 bits per heavy atom. The molecule has 2 aliphatic heterocycles. The summed E-state index contributed by atoms with van der Waals surface area (Å²) in [5, 5.41) is 0.505. The third-order valence-electron chi connectivity index (χ3n) is 5.28. The van der Waals surface area contributed by atoms with Gasteiger partial charge in [0.05, 0.1) is 11.4 Å². The second-order valence-electron chi connectivity index (χ2n) is 6.74. The van der Waals surface area contributed by atoms with Crippen LogP contribution in [0.3, 0.4) is 0 Å². The summed E-state index contributed by atoms with van der Waals surface area (Å²) in [6.45, 7) is 2.65. The van der Waals surface area contributed by atoms with Crippen molar-refractivity contribution in [3.63, 3.8) is 0 Å². The maximum atomic E-state index is 12.6. The standard InChI is InChI=1S/C17H21ClN2O3/c18-13-5-10(6-15-17(13)23-4-3-22-15)7-16(21)20-8-11-1-2-14(19)12(11)9-20/h5-6,11-12,14H,1-4,7-9,19H2. The zero-order chi connectivity index (χ0) is 16.0. The molecule has 1 saturated carbocycles. The van der Waals surface area contributed by atoms with Gasteiger partial charge < -0.3 is 20.1 Å². The van der Waals surface area contributed by atoms with Gasteiger partial charge in [0.25, 0.3) is 0 Å². The molecule has 2 N–H and O–H groups in total. The number of hydrogen-bond donors (Lipinski definition) is 1. The van der Waals surface area contributed by atoms with Crippen molar-refractivity contribution in [3.8, 4) is 11.5 Å². The Kier molecular flexibility index (Phi) is 3.85. The highest BCUT2D eigenvalue weighted by molar-refractivity contribution is 6.32. The molecule has 1 aromatic carbocycles. The van der Waals surface area contributed by atoms with Crippen LogP contribution >= 0.6 is 11.6 Å². The quantitative estimate of drug-likeness (QED) is 0.895. The van der Waals surface area contributed by atoms with Gasteiger partial charge in [-0.2, -0.15) is 0 Å². The van der Waals surface area contributed by atoms with Crippen molar-refractivity contribution in [1.29, 1.82) is 0 Å². The summed E-state index contributed by atoms with van der Waals surface area (Å²) in [7, 11) is 0. The highest BCUT2D eigenvalue weighted by Gasteiger charge is 2.42. The van der Waals surface area contributed by atoms with Gasteiger partial charge >= 0.3 is 0 Å². The van der Waals surface area contributed by atoms with Gasteiger partial charge in [-0.3, -0.25) is 4.79 Å². The van der Waals surface area contributed by atoms with E-state index in [4.69, 9.17) is 26.8 Å². The van der Waals surface area contributed by atoms with Crippen LogP contribution in [0.15, 0.2) is 12.1 Å². The average Bonchev–Trinajstić information content (AvgIpc) is 3.10. The summed E-state index contributed by atoms with van der Waals surface area (Å²) in [4.78, 5) is 14.6. The molecule has 1 amide bonds. The highest BCUT2D eigenvalue weighted by Crippen LogP contribution is 2.39. The lowest BCUT2D eigenvalue weighted by Gasteiger charge is -2.21. The van der Waals surface area contributed by atoms with E-state index in [1.54, 1.807) is 6.07 Å². The lowest BCUT2D eigenvalue weighted by Crippen LogP contribution is -2.34. The van der Waals surface area contributed by atoms with Crippen molar-refractivity contribution in [1.82, 2.24) is 4.90 Å². The zero-order valence-corrected chi connectivity index (χ0v) is 13.7. The molecule has 3 unspecified atom stereocenters. The number of carbonyl (C=O) groups is 1. The van der Waals surface area contributed by atoms with E-state index >= 15 is 0 Å². The van der Waals surface area contributed by atoms with Crippen LogP contribution in [-0.4, -0.2) is 43.2 Å². The van der Waals surface area contributed by atoms with E-state index in [1.165, 1.54) is 0 Å². The summed E-state index contributed by atoms with van der Waals surface area (Å²) in [5.74, 6) is 2.41. The number of nitrogens with zero attached hydrogens (tertiary/aromatic N) is 1. The molecule has 0 spiro atoms. The molecule has 4 rings (SSSR count). The Balaban J connectivity index is 1.46. The van der Waals surface area contributed by atoms with E-state index in [2.05, 4.69) is 0 Å². The van der Waals surface area contributed by atoms with E-state index in [-0.39, 0.29) is 11.9 Å². The van der Waals surface area contributed by atoms with Gasteiger partial charge in [-0.1, -0.05) is 11.6 Å². The van der Waals surface area contributed by atoms with Crippen LogP contribution in [0, 0.1) is 11.8 Å². The van der Waals surface area contributed by atoms with Gasteiger partial charge in [-0.25, -0.2) is 0 Å². The number of nitrogens with two attached hydrogens (primary N) is 1. The third kappa shape index (κ3) is 2.76. The number of fused-ring (bicyclic) bond motifs is 2. The van der Waals surface area contributed by atoms with Crippen LogP contribution in [0.5, 0.6) is 11.5 Å². The number of ether oxygens (including phenoxy) is 2. The lowest BCUT2D eigenvalue weighted by atomic mass is 9.98. The molecule has 2 fully saturated rings. The number of hydrogen-bond acceptors (Lipinski definition) is 4. The summed E-state index contributed by atoms with van der Waals surface area (Å²) in [5.41, 5.74) is 7.01. The maximum absolute atomic E-state index is 12.6. The van der Waals surface area contributed by atoms with Gasteiger partial charge in [-0.05, 0) is 42.4 Å². The minimum Gasteiger partial charge on any atom is -0.486 e. The first-order chi connectivity index (χ1) is 11.1. The maximum Gasteiger partial charge on any atom is 0.227 e. The molecule has 3 atom stereocenters. The first-order valence-corrected chi connectivity index (χ1v) is 8.61. The summed E-state index contributed by atoms with van der Waals surface area (Å²) in [6.07, 6.45) is 2.58. The van der Waals surface area contributed by atoms with Gasteiger partial charge in [0.2, 0.25) is 5.91 Å². The fraction of sp³-hybridized carbons (Fsp3) is 0.588. The Labute approximate surface area is 140 Å². The molecular weight excluding hydrogens is 316 g/mol. The van der Waals surface area contributed by atoms with Crippen LogP contribution in [0.25, 0.3) is 0 Å². The number of halogens is 1. The van der Waals surface area contributed by atoms with Crippen molar-refractivity contribution >= 4 is 17.5 Å². The van der Waals surface area contributed by atoms with Crippen molar-refractivity contribution < 1.29 is 14.3 Å². The molecular formula is C17H21ClN2O3. The summed E-state index contributed by atoms with van der Waals surface area (Å²) < 4.78 is 11.1. The number of benzene rings is 1. The Morgan fingerprint density at radius 1 is 1.26 bits per heavy atom. The predicted octanol–water partition coefficient (Wildman–Crippen LogP) is 1.85. The fourth-order valence-electron chi connectivity index (χ4n) is 4.06. The molecule has 1 saturated heterocycles. The first-order valence-electron chi connectivity index (χ1n) is 8.23. The fourth-order valence-corrected chi connectivity index (χ4v) is 4.35. The lowest BCUT2D eigenvalue weighted by molar-refractivity contribution is -0.129. The Bertz CT molecular complexity index is 637. The monoisotopic (exact) mass is 336 g/mol. The average molecular weight is 337 g/mol. The van der Waals surface area contributed by atoms with E-state index in [0.29, 0.717) is 48.0 Å². The largest absolute Gasteiger partial charge is 0.486 e. The Morgan fingerprint density at radius 3 is 2.91 bits per heavy atom. The number of rotatable bonds is 2. The molecule has 0 bridgehead atoms. The summed E-state index contributed by atoms with van der Waals surface area (Å²) in [6, 6.07) is 3.91. The molecule has 1 aliphatic carbocycles. The van der Waals surface area contributed by atoms with Crippen LogP contribution in [0.4, 0.5) is 0 Å². The predicted molar refractivity (Wildman–Crippen MR) is 86.9 cm³/mol. The second kappa shape index (κ2) is 5.87. The molecule has 0 radical (unpaired) electrons. The van der Waals surface area contributed by atoms with E-state index in [9.17, 15) is 4.79 Å². The molecule has 2 heterocycles. The molecule has 0 aromatic heterocycles. The minimum atomic E-state index is 0.138. The minimum absolute atomic E-state index is 0.138. The summed E-state index contributed by atoms with van der Waals surface area (Å²) >= 11 is 6.24. The van der Waals surface area contributed by atoms with Crippen molar-refractivity contribution in [2.24, 2.45) is 17.6 Å². The normalized spacial score (nSPS) is 28.8. The first kappa shape index (κ1) is 15.1. The van der Waals surface area contributed by atoms with Crippen LogP contribution in [0.1, 0.15) is 18.4 Å². The smallest absolute Gasteiger partial charge is 0.227 e. The molecule has 5 nitrogen and oxygen atoms in total. The van der Waals surface area contributed by atoms with Crippen LogP contribution < -0.4 is 15.2 Å². The van der Waals surface area contributed by atoms with Crippen molar-refractivity contribution in [2.75, 3.05) is 26.3 Å². The van der Waals surface area contributed by atoms with Crippen molar-refractivity contribution in [2.45, 2.75) is 25.3 Å². The van der Waals surface area contributed by atoms with Gasteiger partial charge in [0.15, 0.2) is 11.5 Å². The van der Waals surface area contributed by atoms with E-state index < -0.39 is 0 Å². The van der Waals surface area contributed by atoms with Crippen LogP contribution in [-0.2, 0) is 11.2 Å². The zero-order valence-electron chi connectivity index (χ0n) is 13.0. The molecule has 124 valence electrons. The third-order valence-corrected chi connectivity index (χ3v) is 5.56. The number of carbonyl (C=O) groups excluding carboxylic acids is 1. The number of likely N-dealkylation sites (tertiary alicyclic amines) is 1. The second-order valence-corrected chi connectivity index (χ2v) is 7.15. The topological polar surface area (TPSA) is 64.8 Å². The molecule has 23 heavy (non-hydrogen) atoms. The van der Waals surface area contributed by atoms with Crippen LogP contribution in [0.2, 0.25) is 5.02 Å². The molecule has 3 aliphatic rings. The Hall–Kier alpha value is -1.46. The van der Waals surface area contributed by atoms with E-state index in [1.807, 2.05) is 11.0 Å². The van der Waals surface area contributed by atoms with Gasteiger partial charge in [0, 0.05) is 19.1 Å². The molecule has 6 heteroatoms. The molecule has 1 aromatic rings.